The van der Waals surface area contributed by atoms with Crippen molar-refractivity contribution in [2.75, 3.05) is 6.61 Å². The summed E-state index contributed by atoms with van der Waals surface area (Å²) in [5.74, 6) is -2.99. The number of esters is 1. The van der Waals surface area contributed by atoms with Gasteiger partial charge in [0.05, 0.1) is 11.1 Å². The highest BCUT2D eigenvalue weighted by Crippen LogP contribution is 2.23. The van der Waals surface area contributed by atoms with Crippen molar-refractivity contribution in [3.05, 3.63) is 70.3 Å². The molecule has 0 atom stereocenters. The summed E-state index contributed by atoms with van der Waals surface area (Å²) in [5, 5.41) is 0. The van der Waals surface area contributed by atoms with E-state index in [1.807, 2.05) is 6.07 Å². The second kappa shape index (κ2) is 6.28. The van der Waals surface area contributed by atoms with Crippen LogP contribution in [-0.2, 0) is 17.6 Å². The lowest BCUT2D eigenvalue weighted by Crippen LogP contribution is -2.15. The van der Waals surface area contributed by atoms with Gasteiger partial charge < -0.3 is 4.74 Å². The first-order chi connectivity index (χ1) is 11.0. The van der Waals surface area contributed by atoms with E-state index in [0.717, 1.165) is 43.0 Å². The molecule has 0 radical (unpaired) electrons. The van der Waals surface area contributed by atoms with E-state index in [2.05, 4.69) is 0 Å². The smallest absolute Gasteiger partial charge is 0.338 e. The first-order valence-electron chi connectivity index (χ1n) is 7.32. The van der Waals surface area contributed by atoms with Gasteiger partial charge in [0.2, 0.25) is 5.78 Å². The molecule has 0 spiro atoms. The largest absolute Gasteiger partial charge is 0.454 e. The molecular weight excluding hydrogens is 302 g/mol. The molecule has 0 bridgehead atoms. The van der Waals surface area contributed by atoms with E-state index < -0.39 is 35.6 Å². The quantitative estimate of drug-likeness (QED) is 0.640. The number of carbonyl (C=O) groups is 2. The van der Waals surface area contributed by atoms with Crippen LogP contribution in [0, 0.1) is 11.6 Å². The molecule has 0 amide bonds. The predicted molar refractivity (Wildman–Crippen MR) is 79.4 cm³/mol. The molecule has 0 heterocycles. The van der Waals surface area contributed by atoms with E-state index in [4.69, 9.17) is 4.74 Å². The molecule has 0 aliphatic heterocycles. The number of ether oxygens (including phenoxy) is 1. The molecular formula is C18H14F2O3. The van der Waals surface area contributed by atoms with Crippen molar-refractivity contribution in [3.8, 4) is 0 Å². The molecule has 118 valence electrons. The lowest BCUT2D eigenvalue weighted by atomic mass is 10.1. The van der Waals surface area contributed by atoms with E-state index in [1.165, 1.54) is 5.56 Å². The molecule has 0 N–H and O–H groups in total. The van der Waals surface area contributed by atoms with Gasteiger partial charge in [-0.3, -0.25) is 4.79 Å². The van der Waals surface area contributed by atoms with Crippen molar-refractivity contribution >= 4 is 11.8 Å². The number of Topliss-reactive ketones (excluding diaryl/α,β-unsaturated/α-hetero) is 1. The van der Waals surface area contributed by atoms with Gasteiger partial charge in [-0.25, -0.2) is 13.6 Å². The van der Waals surface area contributed by atoms with Gasteiger partial charge in [-0.05, 0) is 60.7 Å². The molecule has 2 aromatic carbocycles. The van der Waals surface area contributed by atoms with Gasteiger partial charge in [0, 0.05) is 0 Å². The first kappa shape index (κ1) is 15.3. The lowest BCUT2D eigenvalue weighted by Gasteiger charge is -2.07. The van der Waals surface area contributed by atoms with Gasteiger partial charge >= 0.3 is 5.97 Å². The van der Waals surface area contributed by atoms with Gasteiger partial charge in [0.15, 0.2) is 6.61 Å². The van der Waals surface area contributed by atoms with Gasteiger partial charge in [-0.2, -0.15) is 0 Å². The molecule has 0 unspecified atom stereocenters. The zero-order valence-corrected chi connectivity index (χ0v) is 12.3. The van der Waals surface area contributed by atoms with E-state index >= 15 is 0 Å². The molecule has 3 nitrogen and oxygen atoms in total. The number of aryl methyl sites for hydroxylation is 2. The Bertz CT molecular complexity index is 784. The predicted octanol–water partition coefficient (Wildman–Crippen LogP) is 3.49. The number of carbonyl (C=O) groups excluding carboxylic acids is 2. The Morgan fingerprint density at radius 1 is 1.00 bits per heavy atom. The molecule has 3 rings (SSSR count). The highest BCUT2D eigenvalue weighted by molar-refractivity contribution is 5.99. The Morgan fingerprint density at radius 3 is 2.61 bits per heavy atom. The summed E-state index contributed by atoms with van der Waals surface area (Å²) >= 11 is 0. The highest BCUT2D eigenvalue weighted by Gasteiger charge is 2.18. The molecule has 0 aromatic heterocycles. The number of rotatable bonds is 4. The van der Waals surface area contributed by atoms with Crippen LogP contribution in [0.5, 0.6) is 0 Å². The molecule has 0 saturated carbocycles. The van der Waals surface area contributed by atoms with E-state index in [1.54, 1.807) is 12.1 Å². The highest BCUT2D eigenvalue weighted by atomic mass is 19.1. The lowest BCUT2D eigenvalue weighted by molar-refractivity contribution is 0.0473. The van der Waals surface area contributed by atoms with Crippen LogP contribution in [0.2, 0.25) is 0 Å². The summed E-state index contributed by atoms with van der Waals surface area (Å²) in [5.41, 5.74) is 2.27. The Morgan fingerprint density at radius 2 is 1.78 bits per heavy atom. The number of benzene rings is 2. The number of fused-ring (bicyclic) bond motifs is 1. The van der Waals surface area contributed by atoms with Crippen LogP contribution in [-0.4, -0.2) is 18.4 Å². The Kier molecular flexibility index (Phi) is 4.19. The van der Waals surface area contributed by atoms with E-state index in [-0.39, 0.29) is 0 Å². The van der Waals surface area contributed by atoms with Crippen LogP contribution in [0.25, 0.3) is 0 Å². The molecule has 5 heteroatoms. The summed E-state index contributed by atoms with van der Waals surface area (Å²) in [6, 6.07) is 7.87. The fraction of sp³-hybridized carbons (Fsp3) is 0.222. The van der Waals surface area contributed by atoms with Gasteiger partial charge in [-0.15, -0.1) is 0 Å². The third kappa shape index (κ3) is 3.28. The summed E-state index contributed by atoms with van der Waals surface area (Å²) in [7, 11) is 0. The van der Waals surface area contributed by atoms with Crippen LogP contribution in [0.4, 0.5) is 8.78 Å². The van der Waals surface area contributed by atoms with Crippen LogP contribution >= 0.6 is 0 Å². The second-order valence-electron chi connectivity index (χ2n) is 5.46. The number of hydrogen-bond acceptors (Lipinski definition) is 3. The summed E-state index contributed by atoms with van der Waals surface area (Å²) in [6.45, 7) is -0.629. The van der Waals surface area contributed by atoms with Crippen molar-refractivity contribution in [1.82, 2.24) is 0 Å². The second-order valence-corrected chi connectivity index (χ2v) is 5.46. The average molecular weight is 316 g/mol. The molecule has 1 aliphatic carbocycles. The van der Waals surface area contributed by atoms with Crippen LogP contribution in [0.1, 0.15) is 38.3 Å². The standard InChI is InChI=1S/C18H14F2O3/c19-14-6-7-16(20)15(9-14)17(21)10-23-18(22)13-5-4-11-2-1-3-12(11)8-13/h4-9H,1-3,10H2. The summed E-state index contributed by atoms with van der Waals surface area (Å²) in [4.78, 5) is 23.8. The van der Waals surface area contributed by atoms with Crippen LogP contribution in [0.3, 0.4) is 0 Å². The molecule has 0 fully saturated rings. The van der Waals surface area contributed by atoms with Crippen molar-refractivity contribution < 1.29 is 23.1 Å². The zero-order chi connectivity index (χ0) is 16.4. The zero-order valence-electron chi connectivity index (χ0n) is 12.3. The molecule has 23 heavy (non-hydrogen) atoms. The van der Waals surface area contributed by atoms with E-state index in [0.29, 0.717) is 5.56 Å². The van der Waals surface area contributed by atoms with E-state index in [9.17, 15) is 18.4 Å². The maximum Gasteiger partial charge on any atom is 0.338 e. The minimum Gasteiger partial charge on any atom is -0.454 e. The third-order valence-corrected chi connectivity index (χ3v) is 3.90. The minimum atomic E-state index is -0.843. The molecule has 2 aromatic rings. The molecule has 0 saturated heterocycles. The van der Waals surface area contributed by atoms with Gasteiger partial charge in [0.25, 0.3) is 0 Å². The van der Waals surface area contributed by atoms with Gasteiger partial charge in [0.1, 0.15) is 11.6 Å². The van der Waals surface area contributed by atoms with Gasteiger partial charge in [-0.1, -0.05) is 6.07 Å². The fourth-order valence-electron chi connectivity index (χ4n) is 2.70. The fourth-order valence-corrected chi connectivity index (χ4v) is 2.70. The van der Waals surface area contributed by atoms with Crippen LogP contribution in [0.15, 0.2) is 36.4 Å². The topological polar surface area (TPSA) is 43.4 Å². The minimum absolute atomic E-state index is 0.359. The summed E-state index contributed by atoms with van der Waals surface area (Å²) < 4.78 is 31.5. The maximum absolute atomic E-state index is 13.5. The maximum atomic E-state index is 13.5. The van der Waals surface area contributed by atoms with Crippen molar-refractivity contribution in [2.24, 2.45) is 0 Å². The Balaban J connectivity index is 1.67. The number of ketones is 1. The van der Waals surface area contributed by atoms with Crippen LogP contribution < -0.4 is 0 Å². The number of hydrogen-bond donors (Lipinski definition) is 0. The average Bonchev–Trinajstić information content (AvgIpc) is 3.02. The van der Waals surface area contributed by atoms with Crippen molar-refractivity contribution in [2.45, 2.75) is 19.3 Å². The Hall–Kier alpha value is -2.56. The normalized spacial score (nSPS) is 12.8. The SMILES string of the molecule is O=C(OCC(=O)c1cc(F)ccc1F)c1ccc2c(c1)CCC2. The number of halogens is 2. The third-order valence-electron chi connectivity index (χ3n) is 3.90. The Labute approximate surface area is 131 Å². The monoisotopic (exact) mass is 316 g/mol. The van der Waals surface area contributed by atoms with Crippen molar-refractivity contribution in [3.63, 3.8) is 0 Å². The first-order valence-corrected chi connectivity index (χ1v) is 7.32. The summed E-state index contributed by atoms with van der Waals surface area (Å²) in [6.07, 6.45) is 2.98. The molecule has 1 aliphatic rings. The van der Waals surface area contributed by atoms with Crippen molar-refractivity contribution in [1.29, 1.82) is 0 Å².